The Balaban J connectivity index is 1.53. The molecule has 0 bridgehead atoms. The number of nitrogens with one attached hydrogen (secondary N) is 1. The van der Waals surface area contributed by atoms with Crippen LogP contribution < -0.4 is 5.32 Å². The Bertz CT molecular complexity index is 1130. The first-order chi connectivity index (χ1) is 14.4. The summed E-state index contributed by atoms with van der Waals surface area (Å²) in [4.78, 5) is 12.9. The predicted molar refractivity (Wildman–Crippen MR) is 114 cm³/mol. The molecule has 0 aliphatic carbocycles. The second kappa shape index (κ2) is 8.43. The number of sulfonamides is 1. The summed E-state index contributed by atoms with van der Waals surface area (Å²) in [6, 6.07) is 16.0. The molecule has 1 saturated heterocycles. The number of anilines is 1. The van der Waals surface area contributed by atoms with E-state index in [1.54, 1.807) is 31.2 Å². The molecule has 0 unspecified atom stereocenters. The largest absolute Gasteiger partial charge is 0.379 e. The van der Waals surface area contributed by atoms with Gasteiger partial charge >= 0.3 is 0 Å². The number of amides is 1. The number of carbonyl (C=O) groups is 1. The first kappa shape index (κ1) is 20.3. The van der Waals surface area contributed by atoms with Gasteiger partial charge in [-0.05, 0) is 61.0 Å². The number of benzene rings is 2. The fourth-order valence-corrected chi connectivity index (χ4v) is 5.04. The number of aryl methyl sites for hydroxylation is 1. The SMILES string of the molecule is Cc1ccc(NC(=O)c2ccc(-n3cccc3)cc2)cc1S(=O)(=O)N1CCOCC1. The highest BCUT2D eigenvalue weighted by atomic mass is 32.2. The summed E-state index contributed by atoms with van der Waals surface area (Å²) in [6.07, 6.45) is 3.86. The maximum absolute atomic E-state index is 13.0. The van der Waals surface area contributed by atoms with Crippen LogP contribution in [-0.4, -0.2) is 49.5 Å². The van der Waals surface area contributed by atoms with Gasteiger partial charge in [0.1, 0.15) is 0 Å². The van der Waals surface area contributed by atoms with Crippen LogP contribution in [0.2, 0.25) is 0 Å². The number of carbonyl (C=O) groups excluding carboxylic acids is 1. The van der Waals surface area contributed by atoms with Gasteiger partial charge < -0.3 is 14.6 Å². The second-order valence-corrected chi connectivity index (χ2v) is 8.99. The van der Waals surface area contributed by atoms with Crippen molar-refractivity contribution in [2.45, 2.75) is 11.8 Å². The Morgan fingerprint density at radius 1 is 1.00 bits per heavy atom. The number of rotatable bonds is 5. The number of aromatic nitrogens is 1. The molecule has 0 radical (unpaired) electrons. The lowest BCUT2D eigenvalue weighted by Gasteiger charge is -2.26. The van der Waals surface area contributed by atoms with Gasteiger partial charge in [0, 0.05) is 42.4 Å². The number of nitrogens with zero attached hydrogens (tertiary/aromatic N) is 2. The highest BCUT2D eigenvalue weighted by Gasteiger charge is 2.28. The van der Waals surface area contributed by atoms with Crippen LogP contribution in [0.3, 0.4) is 0 Å². The van der Waals surface area contributed by atoms with Crippen molar-refractivity contribution in [2.75, 3.05) is 31.6 Å². The Labute approximate surface area is 175 Å². The van der Waals surface area contributed by atoms with Gasteiger partial charge in [-0.3, -0.25) is 4.79 Å². The van der Waals surface area contributed by atoms with Gasteiger partial charge in [-0.1, -0.05) is 6.07 Å². The van der Waals surface area contributed by atoms with Crippen molar-refractivity contribution < 1.29 is 17.9 Å². The summed E-state index contributed by atoms with van der Waals surface area (Å²) in [5.41, 5.74) is 2.51. The number of ether oxygens (including phenoxy) is 1. The standard InChI is InChI=1S/C22H23N3O4S/c1-17-4-7-19(16-21(17)30(27,28)25-12-14-29-15-13-25)23-22(26)18-5-8-20(9-6-18)24-10-2-3-11-24/h2-11,16H,12-15H2,1H3,(H,23,26). The molecule has 2 aromatic carbocycles. The topological polar surface area (TPSA) is 80.6 Å². The van der Waals surface area contributed by atoms with E-state index in [1.165, 1.54) is 10.4 Å². The Morgan fingerprint density at radius 2 is 1.67 bits per heavy atom. The number of hydrogen-bond acceptors (Lipinski definition) is 4. The molecule has 1 aromatic heterocycles. The fourth-order valence-electron chi connectivity index (χ4n) is 3.38. The molecule has 1 N–H and O–H groups in total. The van der Waals surface area contributed by atoms with Crippen molar-refractivity contribution >= 4 is 21.6 Å². The molecular formula is C22H23N3O4S. The van der Waals surface area contributed by atoms with Gasteiger partial charge in [0.2, 0.25) is 10.0 Å². The van der Waals surface area contributed by atoms with Gasteiger partial charge in [-0.2, -0.15) is 4.31 Å². The van der Waals surface area contributed by atoms with Crippen molar-refractivity contribution in [1.29, 1.82) is 0 Å². The number of hydrogen-bond donors (Lipinski definition) is 1. The minimum Gasteiger partial charge on any atom is -0.379 e. The summed E-state index contributed by atoms with van der Waals surface area (Å²) < 4.78 is 34.7. The van der Waals surface area contributed by atoms with E-state index in [2.05, 4.69) is 5.32 Å². The lowest BCUT2D eigenvalue weighted by molar-refractivity contribution is 0.0730. The van der Waals surface area contributed by atoms with Crippen molar-refractivity contribution in [3.63, 3.8) is 0 Å². The molecule has 30 heavy (non-hydrogen) atoms. The van der Waals surface area contributed by atoms with E-state index in [9.17, 15) is 13.2 Å². The van der Waals surface area contributed by atoms with Crippen LogP contribution in [0.5, 0.6) is 0 Å². The molecule has 156 valence electrons. The van der Waals surface area contributed by atoms with Crippen LogP contribution >= 0.6 is 0 Å². The monoisotopic (exact) mass is 425 g/mol. The molecule has 0 saturated carbocycles. The van der Waals surface area contributed by atoms with Crippen LogP contribution in [-0.2, 0) is 14.8 Å². The highest BCUT2D eigenvalue weighted by molar-refractivity contribution is 7.89. The molecule has 1 aliphatic rings. The molecule has 1 amide bonds. The summed E-state index contributed by atoms with van der Waals surface area (Å²) >= 11 is 0. The zero-order valence-electron chi connectivity index (χ0n) is 16.6. The third-order valence-electron chi connectivity index (χ3n) is 5.07. The first-order valence-electron chi connectivity index (χ1n) is 9.68. The molecule has 0 atom stereocenters. The molecule has 2 heterocycles. The van der Waals surface area contributed by atoms with Crippen LogP contribution in [0.1, 0.15) is 15.9 Å². The van der Waals surface area contributed by atoms with Crippen molar-refractivity contribution in [3.05, 3.63) is 78.1 Å². The molecular weight excluding hydrogens is 402 g/mol. The van der Waals surface area contributed by atoms with Crippen LogP contribution in [0.25, 0.3) is 5.69 Å². The molecule has 8 heteroatoms. The smallest absolute Gasteiger partial charge is 0.255 e. The zero-order valence-corrected chi connectivity index (χ0v) is 17.4. The lowest BCUT2D eigenvalue weighted by Crippen LogP contribution is -2.40. The van der Waals surface area contributed by atoms with E-state index in [-0.39, 0.29) is 10.8 Å². The van der Waals surface area contributed by atoms with Gasteiger partial charge in [-0.15, -0.1) is 0 Å². The van der Waals surface area contributed by atoms with Crippen LogP contribution in [0.4, 0.5) is 5.69 Å². The minimum absolute atomic E-state index is 0.199. The van der Waals surface area contributed by atoms with E-state index < -0.39 is 10.0 Å². The Kier molecular flexibility index (Phi) is 5.72. The molecule has 4 rings (SSSR count). The molecule has 1 aliphatic heterocycles. The fraction of sp³-hybridized carbons (Fsp3) is 0.227. The first-order valence-corrected chi connectivity index (χ1v) is 11.1. The number of morpholine rings is 1. The quantitative estimate of drug-likeness (QED) is 0.681. The van der Waals surface area contributed by atoms with Crippen molar-refractivity contribution in [2.24, 2.45) is 0 Å². The summed E-state index contributed by atoms with van der Waals surface area (Å²) in [7, 11) is -3.65. The average Bonchev–Trinajstić information content (AvgIpc) is 3.31. The lowest BCUT2D eigenvalue weighted by atomic mass is 10.1. The van der Waals surface area contributed by atoms with Gasteiger partial charge in [0.05, 0.1) is 18.1 Å². The predicted octanol–water partition coefficient (Wildman–Crippen LogP) is 3.06. The summed E-state index contributed by atoms with van der Waals surface area (Å²) in [5, 5.41) is 2.80. The maximum Gasteiger partial charge on any atom is 0.255 e. The molecule has 0 spiro atoms. The van der Waals surface area contributed by atoms with E-state index >= 15 is 0 Å². The zero-order chi connectivity index (χ0) is 21.1. The van der Waals surface area contributed by atoms with Gasteiger partial charge in [-0.25, -0.2) is 8.42 Å². The van der Waals surface area contributed by atoms with Crippen LogP contribution in [0.15, 0.2) is 71.9 Å². The van der Waals surface area contributed by atoms with Crippen molar-refractivity contribution in [3.8, 4) is 5.69 Å². The highest BCUT2D eigenvalue weighted by Crippen LogP contribution is 2.25. The Morgan fingerprint density at radius 3 is 2.33 bits per heavy atom. The van der Waals surface area contributed by atoms with Gasteiger partial charge in [0.25, 0.3) is 5.91 Å². The maximum atomic E-state index is 13.0. The third-order valence-corrected chi connectivity index (χ3v) is 7.11. The third kappa shape index (κ3) is 4.16. The normalized spacial score (nSPS) is 15.1. The average molecular weight is 426 g/mol. The van der Waals surface area contributed by atoms with E-state index in [0.29, 0.717) is 43.1 Å². The Hall–Kier alpha value is -2.94. The minimum atomic E-state index is -3.65. The molecule has 7 nitrogen and oxygen atoms in total. The van der Waals surface area contributed by atoms with E-state index in [4.69, 9.17) is 4.74 Å². The molecule has 3 aromatic rings. The van der Waals surface area contributed by atoms with E-state index in [0.717, 1.165) is 5.69 Å². The van der Waals surface area contributed by atoms with E-state index in [1.807, 2.05) is 41.2 Å². The van der Waals surface area contributed by atoms with Crippen LogP contribution in [0, 0.1) is 6.92 Å². The summed E-state index contributed by atoms with van der Waals surface area (Å²) in [6.45, 7) is 3.17. The van der Waals surface area contributed by atoms with Crippen molar-refractivity contribution in [1.82, 2.24) is 8.87 Å². The summed E-state index contributed by atoms with van der Waals surface area (Å²) in [5.74, 6) is -0.298. The molecule has 1 fully saturated rings. The van der Waals surface area contributed by atoms with Gasteiger partial charge in [0.15, 0.2) is 0 Å². The second-order valence-electron chi connectivity index (χ2n) is 7.09.